The van der Waals surface area contributed by atoms with Gasteiger partial charge in [0.25, 0.3) is 5.92 Å². The number of fused-ring (bicyclic) bond motifs is 7. The summed E-state index contributed by atoms with van der Waals surface area (Å²) in [4.78, 5) is 29.8. The van der Waals surface area contributed by atoms with Crippen LogP contribution in [0.3, 0.4) is 0 Å². The molecule has 0 spiro atoms. The second-order valence-corrected chi connectivity index (χ2v) is 14.1. The van der Waals surface area contributed by atoms with Crippen LogP contribution in [0.2, 0.25) is 0 Å². The smallest absolute Gasteiger partial charge is 0.407 e. The fraction of sp³-hybridized carbons (Fsp3) is 0.486. The number of amides is 1. The summed E-state index contributed by atoms with van der Waals surface area (Å²) in [6.45, 7) is 1.61. The highest BCUT2D eigenvalue weighted by molar-refractivity contribution is 6.01. The molecule has 9 nitrogen and oxygen atoms in total. The summed E-state index contributed by atoms with van der Waals surface area (Å²) in [5.41, 5.74) is -1.63. The highest BCUT2D eigenvalue weighted by Crippen LogP contribution is 2.46. The number of anilines is 1. The molecule has 5 aliphatic heterocycles. The Morgan fingerprint density at radius 2 is 1.98 bits per heavy atom. The van der Waals surface area contributed by atoms with E-state index in [9.17, 15) is 13.6 Å². The van der Waals surface area contributed by atoms with Crippen molar-refractivity contribution >= 4 is 33.6 Å². The SMILES string of the molecule is C[C@@]12C[C@@H](F)CN(C1)c1nc(OC[C@@]34CCCN3CC(F)(F)C4)nc3c(F)c(ncc13)-c1cccc3ccc(F)c(c13)CCCOC(=O)N2. The molecule has 2 aromatic heterocycles. The van der Waals surface area contributed by atoms with Gasteiger partial charge < -0.3 is 19.7 Å². The van der Waals surface area contributed by atoms with E-state index in [0.29, 0.717) is 34.9 Å². The number of nitrogens with one attached hydrogen (secondary N) is 1. The molecule has 0 aliphatic carbocycles. The van der Waals surface area contributed by atoms with Crippen LogP contribution in [0.5, 0.6) is 6.01 Å². The average Bonchev–Trinajstić information content (AvgIpc) is 3.53. The van der Waals surface area contributed by atoms with Crippen molar-refractivity contribution in [2.45, 2.75) is 68.6 Å². The van der Waals surface area contributed by atoms with Gasteiger partial charge in [0, 0.05) is 31.1 Å². The van der Waals surface area contributed by atoms with Gasteiger partial charge in [-0.05, 0) is 61.6 Å². The Labute approximate surface area is 278 Å². The van der Waals surface area contributed by atoms with Crippen molar-refractivity contribution in [1.82, 2.24) is 25.2 Å². The van der Waals surface area contributed by atoms with Gasteiger partial charge in [-0.3, -0.25) is 9.88 Å². The lowest BCUT2D eigenvalue weighted by molar-refractivity contribution is 0.00803. The largest absolute Gasteiger partial charge is 0.461 e. The van der Waals surface area contributed by atoms with Crippen LogP contribution in [-0.2, 0) is 11.2 Å². The van der Waals surface area contributed by atoms with Gasteiger partial charge in [-0.15, -0.1) is 0 Å². The highest BCUT2D eigenvalue weighted by Gasteiger charge is 2.57. The number of pyridine rings is 1. The molecular formula is C35H35F5N6O3. The molecule has 2 aromatic carbocycles. The number of hydrogen-bond acceptors (Lipinski definition) is 8. The number of halogens is 5. The van der Waals surface area contributed by atoms with E-state index in [4.69, 9.17) is 9.47 Å². The standard InChI is InChI=1S/C35H35F5N6O3/c1-33-13-21(36)15-45(17-33)30-24-14-41-28(23-6-2-5-20-8-9-25(37)22(26(20)23)7-3-12-48-32(47)44-33)27(38)29(24)42-31(43-30)49-19-34-10-4-11-46(34)18-35(39,40)16-34/h2,5-6,8-9,14,21H,3-4,7,10-13,15-19H2,1H3,(H,44,47)/t21-,33-,34+/m1/s1. The highest BCUT2D eigenvalue weighted by atomic mass is 19.3. The minimum Gasteiger partial charge on any atom is -0.461 e. The van der Waals surface area contributed by atoms with Gasteiger partial charge >= 0.3 is 12.1 Å². The van der Waals surface area contributed by atoms with Crippen LogP contribution in [0.1, 0.15) is 44.6 Å². The van der Waals surface area contributed by atoms with Gasteiger partial charge in [0.05, 0.1) is 36.2 Å². The number of benzene rings is 2. The second kappa shape index (κ2) is 11.6. The fourth-order valence-corrected chi connectivity index (χ4v) is 8.35. The molecule has 0 saturated carbocycles. The molecule has 3 fully saturated rings. The lowest BCUT2D eigenvalue weighted by Crippen LogP contribution is -2.60. The normalized spacial score (nSPS) is 26.9. The number of nitrogens with zero attached hydrogens (tertiary/aromatic N) is 5. The zero-order chi connectivity index (χ0) is 34.1. The summed E-state index contributed by atoms with van der Waals surface area (Å²) in [5, 5.41) is 4.07. The van der Waals surface area contributed by atoms with Crippen LogP contribution in [-0.4, -0.2) is 88.5 Å². The molecule has 5 aliphatic rings. The maximum Gasteiger partial charge on any atom is 0.407 e. The third-order valence-electron chi connectivity index (χ3n) is 10.4. The van der Waals surface area contributed by atoms with Gasteiger partial charge in [-0.1, -0.05) is 24.3 Å². The summed E-state index contributed by atoms with van der Waals surface area (Å²) in [7, 11) is 0. The molecular weight excluding hydrogens is 647 g/mol. The molecule has 49 heavy (non-hydrogen) atoms. The van der Waals surface area contributed by atoms with Gasteiger partial charge in [0.2, 0.25) is 0 Å². The molecule has 258 valence electrons. The van der Waals surface area contributed by atoms with Crippen molar-refractivity contribution in [2.75, 3.05) is 44.3 Å². The third-order valence-corrected chi connectivity index (χ3v) is 10.4. The van der Waals surface area contributed by atoms with Crippen LogP contribution in [0.25, 0.3) is 32.9 Å². The fourth-order valence-electron chi connectivity index (χ4n) is 8.35. The van der Waals surface area contributed by atoms with Crippen molar-refractivity contribution in [2.24, 2.45) is 0 Å². The molecule has 9 rings (SSSR count). The monoisotopic (exact) mass is 682 g/mol. The number of carbonyl (C=O) groups excluding carboxylic acids is 1. The predicted molar refractivity (Wildman–Crippen MR) is 172 cm³/mol. The molecule has 1 N–H and O–H groups in total. The molecule has 3 atom stereocenters. The summed E-state index contributed by atoms with van der Waals surface area (Å²) in [5.74, 6) is -4.07. The first-order valence-electron chi connectivity index (χ1n) is 16.6. The first kappa shape index (κ1) is 31.9. The number of hydrogen-bond donors (Lipinski definition) is 1. The molecule has 14 heteroatoms. The van der Waals surface area contributed by atoms with Crippen LogP contribution in [0, 0.1) is 11.6 Å². The number of rotatable bonds is 3. The number of alkyl halides is 3. The number of aryl methyl sites for hydroxylation is 1. The summed E-state index contributed by atoms with van der Waals surface area (Å²) in [6, 6.07) is 7.86. The van der Waals surface area contributed by atoms with Gasteiger partial charge in [0.1, 0.15) is 35.6 Å². The number of carbonyl (C=O) groups is 1. The Morgan fingerprint density at radius 1 is 1.12 bits per heavy atom. The van der Waals surface area contributed by atoms with Crippen molar-refractivity contribution in [3.8, 4) is 17.3 Å². The molecule has 3 saturated heterocycles. The van der Waals surface area contributed by atoms with Crippen LogP contribution >= 0.6 is 0 Å². The lowest BCUT2D eigenvalue weighted by atomic mass is 9.90. The van der Waals surface area contributed by atoms with Gasteiger partial charge in [0.15, 0.2) is 5.82 Å². The van der Waals surface area contributed by atoms with Crippen molar-refractivity contribution < 1.29 is 36.2 Å². The van der Waals surface area contributed by atoms with Crippen molar-refractivity contribution in [3.63, 3.8) is 0 Å². The molecule has 0 radical (unpaired) electrons. The first-order valence-corrected chi connectivity index (χ1v) is 16.6. The van der Waals surface area contributed by atoms with E-state index in [0.717, 1.165) is 6.42 Å². The molecule has 4 aromatic rings. The van der Waals surface area contributed by atoms with E-state index >= 15 is 13.2 Å². The zero-order valence-corrected chi connectivity index (χ0v) is 26.9. The molecule has 1 amide bonds. The number of alkyl carbamates (subject to hydrolysis) is 1. The Balaban J connectivity index is 1.30. The van der Waals surface area contributed by atoms with E-state index in [-0.39, 0.29) is 87.0 Å². The molecule has 0 unspecified atom stereocenters. The first-order chi connectivity index (χ1) is 23.4. The summed E-state index contributed by atoms with van der Waals surface area (Å²) < 4.78 is 88.4. The van der Waals surface area contributed by atoms with Crippen LogP contribution < -0.4 is 15.0 Å². The molecule has 6 bridgehead atoms. The van der Waals surface area contributed by atoms with Gasteiger partial charge in [-0.2, -0.15) is 9.97 Å². The molecule has 7 heterocycles. The van der Waals surface area contributed by atoms with Crippen molar-refractivity contribution in [1.29, 1.82) is 0 Å². The maximum atomic E-state index is 16.9. The lowest BCUT2D eigenvalue weighted by Gasteiger charge is -2.42. The summed E-state index contributed by atoms with van der Waals surface area (Å²) >= 11 is 0. The summed E-state index contributed by atoms with van der Waals surface area (Å²) in [6.07, 6.45) is 0.549. The van der Waals surface area contributed by atoms with E-state index in [1.165, 1.54) is 12.3 Å². The zero-order valence-electron chi connectivity index (χ0n) is 26.9. The van der Waals surface area contributed by atoms with E-state index in [1.54, 1.807) is 41.0 Å². The van der Waals surface area contributed by atoms with Gasteiger partial charge in [-0.25, -0.2) is 26.7 Å². The topological polar surface area (TPSA) is 92.7 Å². The van der Waals surface area contributed by atoms with Crippen LogP contribution in [0.15, 0.2) is 36.5 Å². The Hall–Kier alpha value is -4.33. The van der Waals surface area contributed by atoms with E-state index in [2.05, 4.69) is 20.3 Å². The minimum atomic E-state index is -2.87. The number of aromatic nitrogens is 3. The van der Waals surface area contributed by atoms with E-state index in [1.807, 2.05) is 0 Å². The minimum absolute atomic E-state index is 0.0170. The Morgan fingerprint density at radius 3 is 2.84 bits per heavy atom. The van der Waals surface area contributed by atoms with E-state index < -0.39 is 40.9 Å². The van der Waals surface area contributed by atoms with Crippen LogP contribution in [0.4, 0.5) is 32.6 Å². The Bertz CT molecular complexity index is 1980. The second-order valence-electron chi connectivity index (χ2n) is 14.1. The maximum absolute atomic E-state index is 16.9. The predicted octanol–water partition coefficient (Wildman–Crippen LogP) is 6.35. The van der Waals surface area contributed by atoms with Crippen molar-refractivity contribution in [3.05, 3.63) is 53.7 Å². The third kappa shape index (κ3) is 5.67. The number of ether oxygens (including phenoxy) is 2. The quantitative estimate of drug-likeness (QED) is 0.250. The Kier molecular flexibility index (Phi) is 7.58. The average molecular weight is 683 g/mol. The number of piperidine rings is 1.